The third kappa shape index (κ3) is 3.66. The highest BCUT2D eigenvalue weighted by Gasteiger charge is 2.23. The molecule has 1 N–H and O–H groups in total. The van der Waals surface area contributed by atoms with E-state index < -0.39 is 0 Å². The molecule has 0 atom stereocenters. The van der Waals surface area contributed by atoms with Crippen LogP contribution in [0.1, 0.15) is 24.1 Å². The molecule has 0 bridgehead atoms. The van der Waals surface area contributed by atoms with E-state index in [0.29, 0.717) is 24.6 Å². The zero-order valence-electron chi connectivity index (χ0n) is 17.9. The van der Waals surface area contributed by atoms with Gasteiger partial charge in [0.1, 0.15) is 16.5 Å². The van der Waals surface area contributed by atoms with Crippen LogP contribution in [0, 0.1) is 5.82 Å². The van der Waals surface area contributed by atoms with Gasteiger partial charge in [0.05, 0.1) is 24.2 Å². The molecule has 0 spiro atoms. The van der Waals surface area contributed by atoms with Gasteiger partial charge in [-0.25, -0.2) is 14.4 Å². The third-order valence-corrected chi connectivity index (χ3v) is 7.48. The lowest BCUT2D eigenvalue weighted by atomic mass is 10.1. The quantitative estimate of drug-likeness (QED) is 0.483. The van der Waals surface area contributed by atoms with E-state index in [2.05, 4.69) is 20.9 Å². The van der Waals surface area contributed by atoms with E-state index in [0.717, 1.165) is 59.7 Å². The zero-order valence-corrected chi connectivity index (χ0v) is 18.8. The van der Waals surface area contributed by atoms with E-state index >= 15 is 4.39 Å². The average molecular weight is 452 g/mol. The van der Waals surface area contributed by atoms with Crippen LogP contribution in [-0.2, 0) is 11.3 Å². The Morgan fingerprint density at radius 2 is 1.84 bits per heavy atom. The van der Waals surface area contributed by atoms with Crippen molar-refractivity contribution in [2.45, 2.75) is 25.8 Å². The SMILES string of the molecule is Fc1ccc2[nH]ccc2c1-c1nc(N2CCOCC2)c2cc(CN3CCCCC3)sc2n1. The molecule has 5 heterocycles. The van der Waals surface area contributed by atoms with Gasteiger partial charge in [-0.3, -0.25) is 4.90 Å². The van der Waals surface area contributed by atoms with Crippen LogP contribution in [0.4, 0.5) is 10.2 Å². The van der Waals surface area contributed by atoms with Crippen LogP contribution < -0.4 is 4.90 Å². The highest BCUT2D eigenvalue weighted by molar-refractivity contribution is 7.18. The highest BCUT2D eigenvalue weighted by atomic mass is 32.1. The highest BCUT2D eigenvalue weighted by Crippen LogP contribution is 2.37. The lowest BCUT2D eigenvalue weighted by Gasteiger charge is -2.28. The molecule has 0 amide bonds. The number of hydrogen-bond acceptors (Lipinski definition) is 6. The fraction of sp³-hybridized carbons (Fsp3) is 0.417. The molecule has 2 fully saturated rings. The minimum Gasteiger partial charge on any atom is -0.378 e. The van der Waals surface area contributed by atoms with Crippen LogP contribution in [0.3, 0.4) is 0 Å². The lowest BCUT2D eigenvalue weighted by molar-refractivity contribution is 0.122. The topological polar surface area (TPSA) is 57.3 Å². The fourth-order valence-corrected chi connectivity index (χ4v) is 5.90. The van der Waals surface area contributed by atoms with Crippen molar-refractivity contribution < 1.29 is 9.13 Å². The standard InChI is InChI=1S/C24H26FN5OS/c25-19-4-5-20-17(6-7-26-20)21(19)22-27-23(30-10-12-31-13-11-30)18-14-16(32-24(18)28-22)15-29-8-2-1-3-9-29/h4-7,14,26H,1-3,8-13,15H2. The van der Waals surface area contributed by atoms with Gasteiger partial charge in [0.2, 0.25) is 0 Å². The molecule has 0 saturated carbocycles. The molecular weight excluding hydrogens is 425 g/mol. The van der Waals surface area contributed by atoms with Crippen LogP contribution in [0.2, 0.25) is 0 Å². The number of benzene rings is 1. The number of nitrogens with zero attached hydrogens (tertiary/aromatic N) is 4. The molecule has 6 nitrogen and oxygen atoms in total. The summed E-state index contributed by atoms with van der Waals surface area (Å²) in [5.74, 6) is 1.05. The first kappa shape index (κ1) is 20.1. The molecule has 0 radical (unpaired) electrons. The van der Waals surface area contributed by atoms with Gasteiger partial charge in [0, 0.05) is 41.6 Å². The number of halogens is 1. The zero-order chi connectivity index (χ0) is 21.5. The second-order valence-electron chi connectivity index (χ2n) is 8.60. The number of piperidine rings is 1. The predicted octanol–water partition coefficient (Wildman–Crippen LogP) is 4.80. The molecule has 0 unspecified atom stereocenters. The van der Waals surface area contributed by atoms with E-state index in [1.54, 1.807) is 17.4 Å². The largest absolute Gasteiger partial charge is 0.378 e. The summed E-state index contributed by atoms with van der Waals surface area (Å²) in [5.41, 5.74) is 1.35. The summed E-state index contributed by atoms with van der Waals surface area (Å²) in [5, 5.41) is 1.87. The smallest absolute Gasteiger partial charge is 0.166 e. The Labute approximate surface area is 190 Å². The van der Waals surface area contributed by atoms with E-state index in [1.165, 1.54) is 30.2 Å². The van der Waals surface area contributed by atoms with Crippen LogP contribution in [0.15, 0.2) is 30.5 Å². The maximum atomic E-state index is 15.0. The van der Waals surface area contributed by atoms with Crippen LogP contribution >= 0.6 is 11.3 Å². The maximum Gasteiger partial charge on any atom is 0.166 e. The number of thiophene rings is 1. The Bertz CT molecular complexity index is 1260. The van der Waals surface area contributed by atoms with Gasteiger partial charge in [-0.05, 0) is 50.2 Å². The Hall–Kier alpha value is -2.55. The van der Waals surface area contributed by atoms with E-state index in [4.69, 9.17) is 14.7 Å². The second kappa shape index (κ2) is 8.42. The number of likely N-dealkylation sites (tertiary alicyclic amines) is 1. The van der Waals surface area contributed by atoms with Crippen LogP contribution in [0.25, 0.3) is 32.5 Å². The third-order valence-electron chi connectivity index (χ3n) is 6.47. The number of hydrogen-bond donors (Lipinski definition) is 1. The van der Waals surface area contributed by atoms with E-state index in [-0.39, 0.29) is 5.82 Å². The summed E-state index contributed by atoms with van der Waals surface area (Å²) in [7, 11) is 0. The van der Waals surface area contributed by atoms with Crippen molar-refractivity contribution in [3.63, 3.8) is 0 Å². The molecule has 1 aromatic carbocycles. The van der Waals surface area contributed by atoms with Crippen molar-refractivity contribution in [1.29, 1.82) is 0 Å². The number of aromatic amines is 1. The van der Waals surface area contributed by atoms with E-state index in [9.17, 15) is 0 Å². The van der Waals surface area contributed by atoms with Gasteiger partial charge in [0.15, 0.2) is 5.82 Å². The number of anilines is 1. The van der Waals surface area contributed by atoms with Gasteiger partial charge in [-0.1, -0.05) is 6.42 Å². The van der Waals surface area contributed by atoms with Crippen molar-refractivity contribution in [1.82, 2.24) is 19.9 Å². The first-order valence-electron chi connectivity index (χ1n) is 11.4. The molecule has 2 aliphatic rings. The maximum absolute atomic E-state index is 15.0. The number of rotatable bonds is 4. The summed E-state index contributed by atoms with van der Waals surface area (Å²) in [6.07, 6.45) is 5.70. The summed E-state index contributed by atoms with van der Waals surface area (Å²) >= 11 is 1.71. The van der Waals surface area contributed by atoms with Crippen molar-refractivity contribution in [2.24, 2.45) is 0 Å². The number of nitrogens with one attached hydrogen (secondary N) is 1. The molecule has 8 heteroatoms. The van der Waals surface area contributed by atoms with Crippen LogP contribution in [0.5, 0.6) is 0 Å². The molecule has 6 rings (SSSR count). The molecule has 0 aliphatic carbocycles. The molecule has 2 saturated heterocycles. The van der Waals surface area contributed by atoms with Crippen molar-refractivity contribution in [2.75, 3.05) is 44.3 Å². The fourth-order valence-electron chi connectivity index (χ4n) is 4.83. The van der Waals surface area contributed by atoms with Crippen molar-refractivity contribution in [3.8, 4) is 11.4 Å². The lowest BCUT2D eigenvalue weighted by Crippen LogP contribution is -2.37. The molecule has 3 aromatic heterocycles. The predicted molar refractivity (Wildman–Crippen MR) is 127 cm³/mol. The summed E-state index contributed by atoms with van der Waals surface area (Å²) in [4.78, 5) is 20.0. The Kier molecular flexibility index (Phi) is 5.29. The second-order valence-corrected chi connectivity index (χ2v) is 9.72. The minimum absolute atomic E-state index is 0.297. The molecule has 32 heavy (non-hydrogen) atoms. The Balaban J connectivity index is 1.48. The Morgan fingerprint density at radius 3 is 2.69 bits per heavy atom. The average Bonchev–Trinajstić information content (AvgIpc) is 3.46. The van der Waals surface area contributed by atoms with Crippen molar-refractivity contribution in [3.05, 3.63) is 41.2 Å². The van der Waals surface area contributed by atoms with Gasteiger partial charge < -0.3 is 14.6 Å². The minimum atomic E-state index is -0.297. The number of H-pyrrole nitrogens is 1. The Morgan fingerprint density at radius 1 is 1.00 bits per heavy atom. The van der Waals surface area contributed by atoms with Crippen molar-refractivity contribution >= 4 is 38.3 Å². The van der Waals surface area contributed by atoms with Crippen LogP contribution in [-0.4, -0.2) is 59.2 Å². The van der Waals surface area contributed by atoms with Gasteiger partial charge in [-0.2, -0.15) is 0 Å². The first-order chi connectivity index (χ1) is 15.8. The molecule has 2 aliphatic heterocycles. The molecule has 166 valence electrons. The molecular formula is C24H26FN5OS. The molecule has 4 aromatic rings. The van der Waals surface area contributed by atoms with Gasteiger partial charge in [0.25, 0.3) is 0 Å². The summed E-state index contributed by atoms with van der Waals surface area (Å²) in [6, 6.07) is 7.39. The van der Waals surface area contributed by atoms with E-state index in [1.807, 2.05) is 12.3 Å². The number of morpholine rings is 1. The van der Waals surface area contributed by atoms with Gasteiger partial charge in [-0.15, -0.1) is 11.3 Å². The summed E-state index contributed by atoms with van der Waals surface area (Å²) in [6.45, 7) is 6.16. The number of ether oxygens (including phenoxy) is 1. The van der Waals surface area contributed by atoms with Gasteiger partial charge >= 0.3 is 0 Å². The number of fused-ring (bicyclic) bond motifs is 2. The summed E-state index contributed by atoms with van der Waals surface area (Å²) < 4.78 is 20.6. The number of aromatic nitrogens is 3. The monoisotopic (exact) mass is 451 g/mol. The normalized spacial score (nSPS) is 18.1. The first-order valence-corrected chi connectivity index (χ1v) is 12.2.